The fourth-order valence-electron chi connectivity index (χ4n) is 4.48. The van der Waals surface area contributed by atoms with Crippen molar-refractivity contribution in [3.05, 3.63) is 53.6 Å². The topological polar surface area (TPSA) is 84.1 Å². The molecular formula is C24H24N3O4+. The number of phenols is 1. The van der Waals surface area contributed by atoms with E-state index in [1.165, 1.54) is 4.90 Å². The second kappa shape index (κ2) is 7.35. The third-order valence-electron chi connectivity index (χ3n) is 6.19. The van der Waals surface area contributed by atoms with Crippen LogP contribution in [0.15, 0.2) is 42.5 Å². The van der Waals surface area contributed by atoms with Gasteiger partial charge in [0.2, 0.25) is 17.6 Å². The van der Waals surface area contributed by atoms with Crippen LogP contribution >= 0.6 is 0 Å². The van der Waals surface area contributed by atoms with E-state index >= 15 is 0 Å². The summed E-state index contributed by atoms with van der Waals surface area (Å²) in [6.45, 7) is 6.71. The molecule has 2 aliphatic heterocycles. The molecule has 0 saturated heterocycles. The number of benzene rings is 2. The predicted molar refractivity (Wildman–Crippen MR) is 117 cm³/mol. The Morgan fingerprint density at radius 2 is 1.87 bits per heavy atom. The molecule has 0 fully saturated rings. The molecule has 1 atom stereocenters. The van der Waals surface area contributed by atoms with Gasteiger partial charge in [-0.1, -0.05) is 26.0 Å². The van der Waals surface area contributed by atoms with Gasteiger partial charge in [0, 0.05) is 24.6 Å². The van der Waals surface area contributed by atoms with Gasteiger partial charge in [-0.2, -0.15) is 0 Å². The highest BCUT2D eigenvalue weighted by Crippen LogP contribution is 2.44. The summed E-state index contributed by atoms with van der Waals surface area (Å²) in [6.07, 6.45) is 7.29. The average molecular weight is 418 g/mol. The number of hydrogen-bond donors (Lipinski definition) is 2. The molecule has 0 radical (unpaired) electrons. The summed E-state index contributed by atoms with van der Waals surface area (Å²) >= 11 is 0. The number of nitrogens with zero attached hydrogens (tertiary/aromatic N) is 2. The quantitative estimate of drug-likeness (QED) is 0.720. The van der Waals surface area contributed by atoms with Crippen molar-refractivity contribution < 1.29 is 24.4 Å². The lowest BCUT2D eigenvalue weighted by Crippen LogP contribution is -2.71. The zero-order chi connectivity index (χ0) is 21.7. The summed E-state index contributed by atoms with van der Waals surface area (Å²) in [6, 6.07) is 4.87. The first-order valence-electron chi connectivity index (χ1n) is 10.6. The Labute approximate surface area is 179 Å². The predicted octanol–water partition coefficient (Wildman–Crippen LogP) is 1.52. The molecule has 158 valence electrons. The van der Waals surface area contributed by atoms with Crippen molar-refractivity contribution in [1.29, 1.82) is 0 Å². The maximum Gasteiger partial charge on any atom is 0.265 e. The summed E-state index contributed by atoms with van der Waals surface area (Å²) < 4.78 is 6.24. The van der Waals surface area contributed by atoms with Crippen LogP contribution in [0.4, 0.5) is 5.69 Å². The van der Waals surface area contributed by atoms with E-state index in [1.807, 2.05) is 24.3 Å². The molecule has 3 aliphatic rings. The molecule has 1 unspecified atom stereocenters. The number of nitrogens with one attached hydrogen (secondary N) is 1. The molecule has 7 nitrogen and oxygen atoms in total. The van der Waals surface area contributed by atoms with E-state index in [4.69, 9.17) is 4.74 Å². The van der Waals surface area contributed by atoms with E-state index in [0.717, 1.165) is 24.2 Å². The Hall–Kier alpha value is -3.45. The summed E-state index contributed by atoms with van der Waals surface area (Å²) in [5, 5.41) is 11.4. The van der Waals surface area contributed by atoms with Crippen molar-refractivity contribution in [2.45, 2.75) is 20.0 Å². The van der Waals surface area contributed by atoms with Gasteiger partial charge in [-0.25, -0.2) is 4.99 Å². The van der Waals surface area contributed by atoms with Gasteiger partial charge >= 0.3 is 0 Å². The van der Waals surface area contributed by atoms with Crippen LogP contribution < -0.4 is 9.73 Å². The first-order valence-corrected chi connectivity index (χ1v) is 10.6. The van der Waals surface area contributed by atoms with E-state index in [-0.39, 0.29) is 29.2 Å². The number of likely N-dealkylation sites (N-methyl/N-ethyl adjacent to an activating group) is 1. The monoisotopic (exact) mass is 418 g/mol. The molecule has 0 bridgehead atoms. The summed E-state index contributed by atoms with van der Waals surface area (Å²) in [7, 11) is 0. The third-order valence-corrected chi connectivity index (χ3v) is 6.19. The molecule has 7 heteroatoms. The van der Waals surface area contributed by atoms with Crippen LogP contribution in [0.5, 0.6) is 11.5 Å². The number of imide groups is 1. The number of allylic oxidation sites excluding steroid dienone is 2. The molecule has 0 aromatic heterocycles. The van der Waals surface area contributed by atoms with Crippen molar-refractivity contribution in [2.24, 2.45) is 0 Å². The molecule has 0 saturated carbocycles. The number of rotatable bonds is 5. The SMILES string of the molecule is CCN(CC)CCN1C(=O)c2c3c(c4ccc(O)cc4c2C1=O)[NH+]=C1C=CC=CC1O3. The van der Waals surface area contributed by atoms with Gasteiger partial charge in [0.05, 0.1) is 10.9 Å². The molecule has 5 rings (SSSR count). The van der Waals surface area contributed by atoms with Gasteiger partial charge in [0.25, 0.3) is 17.5 Å². The number of carbonyl (C=O) groups is 2. The third kappa shape index (κ3) is 2.96. The number of hydrogen-bond acceptors (Lipinski definition) is 5. The molecule has 1 aliphatic carbocycles. The molecule has 2 N–H and O–H groups in total. The van der Waals surface area contributed by atoms with E-state index < -0.39 is 0 Å². The maximum atomic E-state index is 13.4. The minimum atomic E-state index is -0.353. The lowest BCUT2D eigenvalue weighted by Gasteiger charge is -2.22. The smallest absolute Gasteiger partial charge is 0.265 e. The highest BCUT2D eigenvalue weighted by atomic mass is 16.5. The van der Waals surface area contributed by atoms with Crippen molar-refractivity contribution in [1.82, 2.24) is 9.80 Å². The van der Waals surface area contributed by atoms with Gasteiger partial charge < -0.3 is 14.7 Å². The molecule has 2 aromatic carbocycles. The van der Waals surface area contributed by atoms with E-state index in [0.29, 0.717) is 35.5 Å². The molecule has 2 aromatic rings. The summed E-state index contributed by atoms with van der Waals surface area (Å²) in [5.41, 5.74) is 2.08. The first-order chi connectivity index (χ1) is 15.0. The average Bonchev–Trinajstić information content (AvgIpc) is 3.03. The Kier molecular flexibility index (Phi) is 4.63. The van der Waals surface area contributed by atoms with Gasteiger partial charge in [-0.05, 0) is 37.4 Å². The highest BCUT2D eigenvalue weighted by molar-refractivity contribution is 6.29. The Balaban J connectivity index is 1.69. The van der Waals surface area contributed by atoms with Crippen LogP contribution in [0, 0.1) is 0 Å². The van der Waals surface area contributed by atoms with Gasteiger partial charge in [-0.15, -0.1) is 0 Å². The number of aromatic hydroxyl groups is 1. The summed E-state index contributed by atoms with van der Waals surface area (Å²) in [5.74, 6) is -0.262. The lowest BCUT2D eigenvalue weighted by molar-refractivity contribution is -0.360. The Morgan fingerprint density at radius 1 is 1.10 bits per heavy atom. The highest BCUT2D eigenvalue weighted by Gasteiger charge is 2.45. The van der Waals surface area contributed by atoms with Crippen LogP contribution in [0.2, 0.25) is 0 Å². The number of carbonyl (C=O) groups excluding carboxylic acids is 2. The van der Waals surface area contributed by atoms with Crippen molar-refractivity contribution in [3.63, 3.8) is 0 Å². The van der Waals surface area contributed by atoms with Gasteiger partial charge in [-0.3, -0.25) is 14.5 Å². The summed E-state index contributed by atoms with van der Waals surface area (Å²) in [4.78, 5) is 33.7. The largest absolute Gasteiger partial charge is 0.508 e. The zero-order valence-electron chi connectivity index (χ0n) is 17.5. The molecular weight excluding hydrogens is 394 g/mol. The van der Waals surface area contributed by atoms with Crippen molar-refractivity contribution in [3.8, 4) is 11.5 Å². The minimum absolute atomic E-state index is 0.0410. The zero-order valence-corrected chi connectivity index (χ0v) is 17.5. The van der Waals surface area contributed by atoms with E-state index in [2.05, 4.69) is 23.7 Å². The maximum absolute atomic E-state index is 13.4. The molecule has 0 spiro atoms. The van der Waals surface area contributed by atoms with Gasteiger partial charge in [0.15, 0.2) is 0 Å². The lowest BCUT2D eigenvalue weighted by atomic mass is 9.95. The van der Waals surface area contributed by atoms with Gasteiger partial charge in [0.1, 0.15) is 11.3 Å². The standard InChI is InChI=1S/C24H23N3O4/c1-3-26(4-2)11-12-27-23(29)19-16-13-14(28)9-10-15(16)21-22(20(19)24(27)30)31-18-8-6-5-7-17(18)25-21/h5-10,13,18,28H,3-4,11-12H2,1-2H3/p+1. The van der Waals surface area contributed by atoms with Crippen LogP contribution in [0.25, 0.3) is 10.8 Å². The van der Waals surface area contributed by atoms with Crippen molar-refractivity contribution in [2.75, 3.05) is 26.2 Å². The second-order valence-corrected chi connectivity index (χ2v) is 7.84. The van der Waals surface area contributed by atoms with Crippen molar-refractivity contribution >= 4 is 34.0 Å². The van der Waals surface area contributed by atoms with E-state index in [1.54, 1.807) is 18.2 Å². The second-order valence-electron chi connectivity index (χ2n) is 7.84. The number of amides is 2. The fraction of sp³-hybridized carbons (Fsp3) is 0.292. The Morgan fingerprint density at radius 3 is 2.65 bits per heavy atom. The van der Waals surface area contributed by atoms with Crippen LogP contribution in [-0.2, 0) is 0 Å². The van der Waals surface area contributed by atoms with E-state index in [9.17, 15) is 14.7 Å². The van der Waals surface area contributed by atoms with Crippen LogP contribution in [-0.4, -0.2) is 64.7 Å². The number of phenolic OH excluding ortho intramolecular Hbond substituents is 1. The molecule has 2 amide bonds. The normalized spacial score (nSPS) is 18.9. The van der Waals surface area contributed by atoms with Crippen LogP contribution in [0.1, 0.15) is 34.6 Å². The fourth-order valence-corrected chi connectivity index (χ4v) is 4.48. The first kappa shape index (κ1) is 19.5. The number of ether oxygens (including phenoxy) is 1. The Bertz CT molecular complexity index is 1210. The number of fused-ring (bicyclic) bond motifs is 7. The molecule has 2 heterocycles. The molecule has 31 heavy (non-hydrogen) atoms. The minimum Gasteiger partial charge on any atom is -0.508 e. The van der Waals surface area contributed by atoms with Crippen LogP contribution in [0.3, 0.4) is 0 Å².